The van der Waals surface area contributed by atoms with Crippen molar-refractivity contribution in [2.24, 2.45) is 10.3 Å². The van der Waals surface area contributed by atoms with Gasteiger partial charge in [0.15, 0.2) is 5.84 Å². The van der Waals surface area contributed by atoms with Crippen LogP contribution >= 0.6 is 0 Å². The molecule has 1 aromatic carbocycles. The van der Waals surface area contributed by atoms with E-state index < -0.39 is 30.9 Å². The zero-order valence-corrected chi connectivity index (χ0v) is 21.9. The molecule has 0 fully saturated rings. The van der Waals surface area contributed by atoms with E-state index in [9.17, 15) is 26.7 Å². The second-order valence-corrected chi connectivity index (χ2v) is 13.2. The molecule has 3 heterocycles. The van der Waals surface area contributed by atoms with E-state index in [4.69, 9.17) is 0 Å². The van der Waals surface area contributed by atoms with Crippen LogP contribution in [0.4, 0.5) is 11.4 Å². The molecule has 0 unspecified atom stereocenters. The Labute approximate surface area is 209 Å². The molecule has 0 aliphatic carbocycles. The number of hydrogen-bond donors (Lipinski definition) is 3. The van der Waals surface area contributed by atoms with Crippen LogP contribution in [0, 0.1) is 5.92 Å². The molecule has 0 spiro atoms. The van der Waals surface area contributed by atoms with Crippen LogP contribution in [0.5, 0.6) is 5.75 Å². The summed E-state index contributed by atoms with van der Waals surface area (Å²) in [6.07, 6.45) is 2.77. The first-order chi connectivity index (χ1) is 16.8. The molecule has 1 aliphatic heterocycles. The van der Waals surface area contributed by atoms with Crippen LogP contribution in [0.15, 0.2) is 56.7 Å². The lowest BCUT2D eigenvalue weighted by molar-refractivity contribution is 0.461. The van der Waals surface area contributed by atoms with E-state index in [-0.39, 0.29) is 33.4 Å². The first-order valence-electron chi connectivity index (χ1n) is 11.4. The summed E-state index contributed by atoms with van der Waals surface area (Å²) >= 11 is 0. The molecule has 12 heteroatoms. The molecule has 2 aromatic heterocycles. The van der Waals surface area contributed by atoms with Gasteiger partial charge in [-0.15, -0.1) is 4.40 Å². The molecule has 0 saturated heterocycles. The smallest absolute Gasteiger partial charge is 0.286 e. The number of amidine groups is 1. The maximum Gasteiger partial charge on any atom is 0.286 e. The number of sulfonamides is 2. The number of rotatable bonds is 7. The summed E-state index contributed by atoms with van der Waals surface area (Å²) in [6.45, 7) is 7.08. The normalized spacial score (nSPS) is 15.0. The zero-order chi connectivity index (χ0) is 26.4. The van der Waals surface area contributed by atoms with Gasteiger partial charge in [0.2, 0.25) is 10.0 Å². The minimum atomic E-state index is -4.33. The monoisotopic (exact) mass is 532 g/mol. The van der Waals surface area contributed by atoms with Gasteiger partial charge in [-0.05, 0) is 62.9 Å². The Kier molecular flexibility index (Phi) is 6.60. The Morgan fingerprint density at radius 2 is 1.86 bits per heavy atom. The molecule has 36 heavy (non-hydrogen) atoms. The standard InChI is InChI=1S/C24H28N4O6S2/c1-14(2)8-10-17-19-7-5-6-12-28(19)24(30)21(22(17)29)23-25-18-11-9-16(26-35(31,32)15(3)4)13-20(18)36(33,34)27-23/h5-7,9,11-15,26,29H,8,10H2,1-4H3,(H,25,27). The van der Waals surface area contributed by atoms with Gasteiger partial charge in [-0.1, -0.05) is 19.9 Å². The van der Waals surface area contributed by atoms with Crippen molar-refractivity contribution in [1.82, 2.24) is 4.40 Å². The SMILES string of the molecule is CC(C)CCc1c(O)c(C2=NS(=O)(=O)c3cc(NS(=O)(=O)C(C)C)ccc3N2)c(=O)n2ccccc12. The van der Waals surface area contributed by atoms with Crippen LogP contribution in [-0.4, -0.2) is 37.4 Å². The Hall–Kier alpha value is -3.38. The molecule has 0 atom stereocenters. The fourth-order valence-electron chi connectivity index (χ4n) is 3.87. The summed E-state index contributed by atoms with van der Waals surface area (Å²) in [7, 11) is -8.03. The van der Waals surface area contributed by atoms with Crippen molar-refractivity contribution in [3.05, 3.63) is 64.1 Å². The predicted octanol–water partition coefficient (Wildman–Crippen LogP) is 3.30. The Morgan fingerprint density at radius 1 is 1.14 bits per heavy atom. The number of aromatic hydroxyl groups is 1. The average molecular weight is 533 g/mol. The highest BCUT2D eigenvalue weighted by atomic mass is 32.2. The molecule has 0 amide bonds. The molecule has 3 N–H and O–H groups in total. The molecule has 1 aliphatic rings. The fourth-order valence-corrected chi connectivity index (χ4v) is 5.71. The second-order valence-electron chi connectivity index (χ2n) is 9.34. The summed E-state index contributed by atoms with van der Waals surface area (Å²) in [5.74, 6) is -0.286. The first-order valence-corrected chi connectivity index (χ1v) is 14.4. The van der Waals surface area contributed by atoms with Crippen molar-refractivity contribution in [1.29, 1.82) is 0 Å². The summed E-state index contributed by atoms with van der Waals surface area (Å²) in [6, 6.07) is 9.11. The third kappa shape index (κ3) is 4.70. The number of benzene rings is 1. The summed E-state index contributed by atoms with van der Waals surface area (Å²) < 4.78 is 58.1. The maximum absolute atomic E-state index is 13.3. The molecule has 10 nitrogen and oxygen atoms in total. The zero-order valence-electron chi connectivity index (χ0n) is 20.3. The Bertz CT molecular complexity index is 1660. The van der Waals surface area contributed by atoms with Crippen molar-refractivity contribution < 1.29 is 21.9 Å². The highest BCUT2D eigenvalue weighted by molar-refractivity contribution is 7.93. The number of aryl methyl sites for hydroxylation is 1. The van der Waals surface area contributed by atoms with E-state index >= 15 is 0 Å². The van der Waals surface area contributed by atoms with E-state index in [0.717, 1.165) is 6.42 Å². The van der Waals surface area contributed by atoms with Gasteiger partial charge in [-0.25, -0.2) is 8.42 Å². The number of nitrogens with one attached hydrogen (secondary N) is 2. The number of fused-ring (bicyclic) bond motifs is 2. The first kappa shape index (κ1) is 25.7. The minimum absolute atomic E-state index is 0.0658. The Balaban J connectivity index is 1.85. The van der Waals surface area contributed by atoms with Gasteiger partial charge >= 0.3 is 0 Å². The summed E-state index contributed by atoms with van der Waals surface area (Å²) in [5.41, 5.74) is 0.347. The van der Waals surface area contributed by atoms with E-state index in [1.165, 1.54) is 36.4 Å². The summed E-state index contributed by atoms with van der Waals surface area (Å²) in [5, 5.41) is 13.3. The lowest BCUT2D eigenvalue weighted by Gasteiger charge is -2.21. The molecule has 0 saturated carbocycles. The van der Waals surface area contributed by atoms with Crippen LogP contribution in [0.25, 0.3) is 5.52 Å². The average Bonchev–Trinajstić information content (AvgIpc) is 2.78. The molecule has 0 radical (unpaired) electrons. The van der Waals surface area contributed by atoms with E-state index in [2.05, 4.69) is 14.4 Å². The van der Waals surface area contributed by atoms with E-state index in [0.29, 0.717) is 23.4 Å². The van der Waals surface area contributed by atoms with Gasteiger partial charge in [0.05, 0.1) is 16.5 Å². The van der Waals surface area contributed by atoms with Gasteiger partial charge in [0, 0.05) is 17.4 Å². The van der Waals surface area contributed by atoms with E-state index in [1.54, 1.807) is 24.4 Å². The lowest BCUT2D eigenvalue weighted by Crippen LogP contribution is -2.31. The van der Waals surface area contributed by atoms with Gasteiger partial charge in [0.25, 0.3) is 15.6 Å². The Morgan fingerprint density at radius 3 is 2.53 bits per heavy atom. The maximum atomic E-state index is 13.3. The number of nitrogens with zero attached hydrogens (tertiary/aromatic N) is 2. The third-order valence-electron chi connectivity index (χ3n) is 5.94. The third-order valence-corrected chi connectivity index (χ3v) is 9.02. The predicted molar refractivity (Wildman–Crippen MR) is 140 cm³/mol. The second kappa shape index (κ2) is 9.25. The van der Waals surface area contributed by atoms with Crippen molar-refractivity contribution in [3.8, 4) is 5.75 Å². The quantitative estimate of drug-likeness (QED) is 0.423. The number of anilines is 2. The van der Waals surface area contributed by atoms with Crippen LogP contribution in [0.3, 0.4) is 0 Å². The van der Waals surface area contributed by atoms with Gasteiger partial charge < -0.3 is 10.4 Å². The van der Waals surface area contributed by atoms with Crippen molar-refractivity contribution in [2.75, 3.05) is 10.0 Å². The van der Waals surface area contributed by atoms with Gasteiger partial charge in [0.1, 0.15) is 16.2 Å². The van der Waals surface area contributed by atoms with Crippen LogP contribution in [0.2, 0.25) is 0 Å². The van der Waals surface area contributed by atoms with Crippen molar-refractivity contribution in [2.45, 2.75) is 50.7 Å². The van der Waals surface area contributed by atoms with Gasteiger partial charge in [-0.3, -0.25) is 13.9 Å². The molecular formula is C24H28N4O6S2. The number of hydrogen-bond acceptors (Lipinski definition) is 7. The van der Waals surface area contributed by atoms with Crippen LogP contribution < -0.4 is 15.6 Å². The fraction of sp³-hybridized carbons (Fsp3) is 0.333. The lowest BCUT2D eigenvalue weighted by atomic mass is 9.99. The highest BCUT2D eigenvalue weighted by Gasteiger charge is 2.31. The molecule has 3 aromatic rings. The number of aromatic nitrogens is 1. The number of pyridine rings is 2. The topological polar surface area (TPSA) is 146 Å². The molecule has 0 bridgehead atoms. The van der Waals surface area contributed by atoms with Gasteiger partial charge in [-0.2, -0.15) is 8.42 Å². The van der Waals surface area contributed by atoms with Crippen molar-refractivity contribution >= 4 is 42.8 Å². The molecule has 4 rings (SSSR count). The molecule has 192 valence electrons. The van der Waals surface area contributed by atoms with Crippen molar-refractivity contribution in [3.63, 3.8) is 0 Å². The molecular weight excluding hydrogens is 504 g/mol. The highest BCUT2D eigenvalue weighted by Crippen LogP contribution is 2.34. The van der Waals surface area contributed by atoms with Crippen LogP contribution in [0.1, 0.15) is 45.2 Å². The van der Waals surface area contributed by atoms with Crippen LogP contribution in [-0.2, 0) is 26.5 Å². The van der Waals surface area contributed by atoms with E-state index in [1.807, 2.05) is 13.8 Å². The summed E-state index contributed by atoms with van der Waals surface area (Å²) in [4.78, 5) is 13.1. The minimum Gasteiger partial charge on any atom is -0.507 e. The largest absolute Gasteiger partial charge is 0.507 e.